The molecular weight excluding hydrogens is 254 g/mol. The molecule has 0 aliphatic carbocycles. The van der Waals surface area contributed by atoms with Gasteiger partial charge in [-0.3, -0.25) is 0 Å². The van der Waals surface area contributed by atoms with Crippen LogP contribution in [0.1, 0.15) is 27.7 Å². The highest BCUT2D eigenvalue weighted by Gasteiger charge is 2.33. The topological polar surface area (TPSA) is 61.9 Å². The van der Waals surface area contributed by atoms with Gasteiger partial charge in [0.1, 0.15) is 11.5 Å². The number of rotatable bonds is 9. The summed E-state index contributed by atoms with van der Waals surface area (Å²) in [5.74, 6) is 0. The van der Waals surface area contributed by atoms with Gasteiger partial charge in [0, 0.05) is 33.8 Å². The Morgan fingerprint density at radius 1 is 1.17 bits per heavy atom. The minimum Gasteiger partial charge on any atom is -0.361 e. The molecule has 110 valence electrons. The normalized spacial score (nSPS) is 16.2. The molecule has 0 aliphatic heterocycles. The van der Waals surface area contributed by atoms with Crippen LogP contribution in [-0.2, 0) is 14.8 Å². The van der Waals surface area contributed by atoms with E-state index in [0.717, 1.165) is 6.54 Å². The van der Waals surface area contributed by atoms with E-state index in [1.54, 1.807) is 14.0 Å². The minimum absolute atomic E-state index is 0.454. The highest BCUT2D eigenvalue weighted by molar-refractivity contribution is 7.89. The predicted octanol–water partition coefficient (Wildman–Crippen LogP) is 0.475. The standard InChI is InChI=1S/C11H27N3O3S/c1-7-13(5)12-11(17-9-3)10(4)18(15,16)14(6)8-2/h10-12H,7-9H2,1-6H3. The van der Waals surface area contributed by atoms with Gasteiger partial charge in [0.2, 0.25) is 10.0 Å². The van der Waals surface area contributed by atoms with Crippen molar-refractivity contribution in [1.29, 1.82) is 0 Å². The van der Waals surface area contributed by atoms with Gasteiger partial charge < -0.3 is 4.74 Å². The summed E-state index contributed by atoms with van der Waals surface area (Å²) < 4.78 is 31.3. The van der Waals surface area contributed by atoms with Gasteiger partial charge >= 0.3 is 0 Å². The molecule has 0 saturated carbocycles. The zero-order valence-electron chi connectivity index (χ0n) is 12.3. The summed E-state index contributed by atoms with van der Waals surface area (Å²) in [7, 11) is 0.0926. The molecule has 18 heavy (non-hydrogen) atoms. The number of nitrogens with one attached hydrogen (secondary N) is 1. The van der Waals surface area contributed by atoms with Gasteiger partial charge in [0.05, 0.1) is 0 Å². The number of hydrogen-bond donors (Lipinski definition) is 1. The van der Waals surface area contributed by atoms with E-state index in [9.17, 15) is 8.42 Å². The van der Waals surface area contributed by atoms with Gasteiger partial charge in [-0.25, -0.2) is 23.2 Å². The van der Waals surface area contributed by atoms with E-state index in [1.165, 1.54) is 4.31 Å². The average molecular weight is 281 g/mol. The lowest BCUT2D eigenvalue weighted by Gasteiger charge is -2.31. The number of sulfonamides is 1. The highest BCUT2D eigenvalue weighted by atomic mass is 32.2. The molecular formula is C11H27N3O3S. The first kappa shape index (κ1) is 17.8. The fourth-order valence-corrected chi connectivity index (χ4v) is 2.77. The average Bonchev–Trinajstić information content (AvgIpc) is 2.35. The van der Waals surface area contributed by atoms with Crippen molar-refractivity contribution in [3.8, 4) is 0 Å². The number of hydrazine groups is 1. The quantitative estimate of drug-likeness (QED) is 0.492. The molecule has 0 saturated heterocycles. The summed E-state index contributed by atoms with van der Waals surface area (Å²) in [5, 5.41) is 1.18. The van der Waals surface area contributed by atoms with Crippen LogP contribution in [0, 0.1) is 0 Å². The molecule has 0 aromatic heterocycles. The molecule has 0 spiro atoms. The second-order valence-corrected chi connectivity index (χ2v) is 6.58. The van der Waals surface area contributed by atoms with Gasteiger partial charge in [0.25, 0.3) is 0 Å². The van der Waals surface area contributed by atoms with Crippen molar-refractivity contribution in [3.63, 3.8) is 0 Å². The van der Waals surface area contributed by atoms with E-state index in [2.05, 4.69) is 5.43 Å². The fraction of sp³-hybridized carbons (Fsp3) is 1.00. The molecule has 0 rings (SSSR count). The van der Waals surface area contributed by atoms with Crippen LogP contribution >= 0.6 is 0 Å². The van der Waals surface area contributed by atoms with E-state index >= 15 is 0 Å². The second-order valence-electron chi connectivity index (χ2n) is 4.18. The third-order valence-corrected chi connectivity index (χ3v) is 5.26. The van der Waals surface area contributed by atoms with Gasteiger partial charge in [0.15, 0.2) is 0 Å². The predicted molar refractivity (Wildman–Crippen MR) is 73.5 cm³/mol. The van der Waals surface area contributed by atoms with Crippen LogP contribution in [0.5, 0.6) is 0 Å². The Morgan fingerprint density at radius 3 is 2.11 bits per heavy atom. The lowest BCUT2D eigenvalue weighted by atomic mass is 10.4. The molecule has 0 radical (unpaired) electrons. The van der Waals surface area contributed by atoms with Crippen LogP contribution in [0.3, 0.4) is 0 Å². The Labute approximate surface area is 111 Å². The summed E-state index contributed by atoms with van der Waals surface area (Å²) in [4.78, 5) is 0. The van der Waals surface area contributed by atoms with Crippen molar-refractivity contribution >= 4 is 10.0 Å². The molecule has 6 nitrogen and oxygen atoms in total. The number of ether oxygens (including phenoxy) is 1. The van der Waals surface area contributed by atoms with Crippen molar-refractivity contribution in [1.82, 2.24) is 14.7 Å². The summed E-state index contributed by atoms with van der Waals surface area (Å²) in [6.07, 6.45) is -0.543. The summed E-state index contributed by atoms with van der Waals surface area (Å²) >= 11 is 0. The van der Waals surface area contributed by atoms with Crippen LogP contribution in [0.15, 0.2) is 0 Å². The molecule has 7 heteroatoms. The van der Waals surface area contributed by atoms with Gasteiger partial charge in [-0.15, -0.1) is 0 Å². The smallest absolute Gasteiger partial charge is 0.220 e. The molecule has 0 fully saturated rings. The molecule has 0 aromatic carbocycles. The summed E-state index contributed by atoms with van der Waals surface area (Å²) in [5.41, 5.74) is 3.06. The van der Waals surface area contributed by atoms with E-state index < -0.39 is 21.5 Å². The third kappa shape index (κ3) is 4.81. The van der Waals surface area contributed by atoms with Crippen LogP contribution in [-0.4, -0.2) is 63.0 Å². The molecule has 2 unspecified atom stereocenters. The highest BCUT2D eigenvalue weighted by Crippen LogP contribution is 2.12. The van der Waals surface area contributed by atoms with E-state index in [4.69, 9.17) is 4.74 Å². The Balaban J connectivity index is 4.90. The number of nitrogens with zero attached hydrogens (tertiary/aromatic N) is 2. The van der Waals surface area contributed by atoms with Gasteiger partial charge in [-0.05, 0) is 13.8 Å². The molecule has 1 N–H and O–H groups in total. The first-order valence-corrected chi connectivity index (χ1v) is 7.85. The minimum atomic E-state index is -3.35. The molecule has 2 atom stereocenters. The van der Waals surface area contributed by atoms with Gasteiger partial charge in [-0.2, -0.15) is 0 Å². The maximum absolute atomic E-state index is 12.2. The summed E-state index contributed by atoms with van der Waals surface area (Å²) in [6.45, 7) is 8.99. The van der Waals surface area contributed by atoms with Crippen molar-refractivity contribution in [2.75, 3.05) is 33.8 Å². The first-order valence-electron chi connectivity index (χ1n) is 6.35. The second kappa shape index (κ2) is 8.06. The maximum Gasteiger partial charge on any atom is 0.220 e. The molecule has 0 aliphatic rings. The van der Waals surface area contributed by atoms with E-state index in [-0.39, 0.29) is 0 Å². The molecule has 0 amide bonds. The Kier molecular flexibility index (Phi) is 7.97. The zero-order valence-corrected chi connectivity index (χ0v) is 13.1. The van der Waals surface area contributed by atoms with Crippen LogP contribution in [0.4, 0.5) is 0 Å². The Morgan fingerprint density at radius 2 is 1.72 bits per heavy atom. The Hall–Kier alpha value is -0.210. The number of hydrogen-bond acceptors (Lipinski definition) is 5. The van der Waals surface area contributed by atoms with Crippen molar-refractivity contribution in [2.24, 2.45) is 0 Å². The molecule has 0 heterocycles. The van der Waals surface area contributed by atoms with Gasteiger partial charge in [-0.1, -0.05) is 13.8 Å². The largest absolute Gasteiger partial charge is 0.361 e. The SMILES string of the molecule is CCOC(NN(C)CC)C(C)S(=O)(=O)N(C)CC. The third-order valence-electron chi connectivity index (χ3n) is 2.94. The monoisotopic (exact) mass is 281 g/mol. The molecule has 0 bridgehead atoms. The van der Waals surface area contributed by atoms with Crippen LogP contribution < -0.4 is 5.43 Å². The van der Waals surface area contributed by atoms with Crippen molar-refractivity contribution in [2.45, 2.75) is 39.2 Å². The first-order chi connectivity index (χ1) is 8.31. The Bertz CT molecular complexity index is 321. The maximum atomic E-state index is 12.2. The van der Waals surface area contributed by atoms with E-state index in [1.807, 2.05) is 32.8 Å². The zero-order chi connectivity index (χ0) is 14.3. The van der Waals surface area contributed by atoms with E-state index in [0.29, 0.717) is 13.2 Å². The van der Waals surface area contributed by atoms with Crippen LogP contribution in [0.2, 0.25) is 0 Å². The lowest BCUT2D eigenvalue weighted by molar-refractivity contribution is -0.0119. The summed E-state index contributed by atoms with van der Waals surface area (Å²) in [6, 6.07) is 0. The van der Waals surface area contributed by atoms with Crippen molar-refractivity contribution < 1.29 is 13.2 Å². The fourth-order valence-electron chi connectivity index (χ4n) is 1.39. The van der Waals surface area contributed by atoms with Crippen molar-refractivity contribution in [3.05, 3.63) is 0 Å². The van der Waals surface area contributed by atoms with Crippen LogP contribution in [0.25, 0.3) is 0 Å². The lowest BCUT2D eigenvalue weighted by Crippen LogP contribution is -2.53. The molecule has 0 aromatic rings.